The third-order valence-corrected chi connectivity index (χ3v) is 3.17. The van der Waals surface area contributed by atoms with E-state index in [0.717, 1.165) is 0 Å². The van der Waals surface area contributed by atoms with E-state index in [9.17, 15) is 9.90 Å². The Balaban J connectivity index is 4.55. The highest BCUT2D eigenvalue weighted by Gasteiger charge is 2.37. The second kappa shape index (κ2) is 4.49. The zero-order chi connectivity index (χ0) is 12.4. The van der Waals surface area contributed by atoms with E-state index in [1.165, 1.54) is 0 Å². The predicted octanol–water partition coefficient (Wildman–Crippen LogP) is 0.635. The van der Waals surface area contributed by atoms with Gasteiger partial charge in [0.15, 0.2) is 0 Å². The highest BCUT2D eigenvalue weighted by Crippen LogP contribution is 2.21. The van der Waals surface area contributed by atoms with Crippen LogP contribution in [-0.2, 0) is 4.79 Å². The van der Waals surface area contributed by atoms with E-state index in [2.05, 4.69) is 5.32 Å². The number of aliphatic hydroxyl groups is 1. The van der Waals surface area contributed by atoms with Crippen molar-refractivity contribution in [3.8, 4) is 0 Å². The van der Waals surface area contributed by atoms with E-state index in [1.807, 2.05) is 0 Å². The maximum atomic E-state index is 11.7. The molecule has 0 radical (unpaired) electrons. The molecule has 0 bridgehead atoms. The number of carbonyl (C=O) groups is 1. The number of amides is 1. The van der Waals surface area contributed by atoms with Crippen molar-refractivity contribution in [1.82, 2.24) is 5.32 Å². The molecule has 0 heterocycles. The fourth-order valence-corrected chi connectivity index (χ4v) is 0.814. The minimum atomic E-state index is -0.972. The van der Waals surface area contributed by atoms with Gasteiger partial charge in [-0.3, -0.25) is 4.79 Å². The lowest BCUT2D eigenvalue weighted by atomic mass is 9.85. The predicted molar refractivity (Wildman–Crippen MR) is 61.3 cm³/mol. The lowest BCUT2D eigenvalue weighted by Crippen LogP contribution is -2.59. The maximum Gasteiger partial charge on any atom is 0.224 e. The number of rotatable bonds is 4. The summed E-state index contributed by atoms with van der Waals surface area (Å²) in [6, 6.07) is -0.192. The van der Waals surface area contributed by atoms with E-state index in [0.29, 0.717) is 0 Å². The second-order valence-electron chi connectivity index (χ2n) is 5.32. The Bertz CT molecular complexity index is 229. The van der Waals surface area contributed by atoms with Gasteiger partial charge < -0.3 is 16.2 Å². The molecule has 0 spiro atoms. The molecule has 2 atom stereocenters. The molecular formula is C11H24N2O2. The first-order chi connectivity index (χ1) is 6.49. The van der Waals surface area contributed by atoms with Gasteiger partial charge in [0.25, 0.3) is 0 Å². The number of nitrogens with two attached hydrogens (primary N) is 1. The molecule has 0 aromatic heterocycles. The van der Waals surface area contributed by atoms with Crippen molar-refractivity contribution in [3.63, 3.8) is 0 Å². The normalized spacial score (nSPS) is 17.1. The van der Waals surface area contributed by atoms with Crippen molar-refractivity contribution in [3.05, 3.63) is 0 Å². The molecule has 4 N–H and O–H groups in total. The van der Waals surface area contributed by atoms with E-state index in [1.54, 1.807) is 41.5 Å². The first-order valence-electron chi connectivity index (χ1n) is 5.29. The van der Waals surface area contributed by atoms with Gasteiger partial charge in [-0.1, -0.05) is 6.92 Å². The summed E-state index contributed by atoms with van der Waals surface area (Å²) in [5.74, 6) is -0.385. The van der Waals surface area contributed by atoms with Gasteiger partial charge in [0.05, 0.1) is 11.1 Å². The van der Waals surface area contributed by atoms with Gasteiger partial charge in [-0.15, -0.1) is 0 Å². The van der Waals surface area contributed by atoms with Gasteiger partial charge >= 0.3 is 0 Å². The first-order valence-corrected chi connectivity index (χ1v) is 5.29. The SMILES string of the molecule is CC(N)C(C)C(=O)NC(C)(C)C(C)(C)O. The molecule has 0 rings (SSSR count). The van der Waals surface area contributed by atoms with Crippen molar-refractivity contribution in [1.29, 1.82) is 0 Å². The Hall–Kier alpha value is -0.610. The smallest absolute Gasteiger partial charge is 0.224 e. The van der Waals surface area contributed by atoms with E-state index in [4.69, 9.17) is 5.73 Å². The summed E-state index contributed by atoms with van der Waals surface area (Å²) in [4.78, 5) is 11.7. The summed E-state index contributed by atoms with van der Waals surface area (Å²) >= 11 is 0. The van der Waals surface area contributed by atoms with Crippen molar-refractivity contribution in [2.24, 2.45) is 11.7 Å². The third-order valence-electron chi connectivity index (χ3n) is 3.17. The molecule has 2 unspecified atom stereocenters. The molecule has 15 heavy (non-hydrogen) atoms. The molecule has 1 amide bonds. The van der Waals surface area contributed by atoms with Crippen LogP contribution in [0.4, 0.5) is 0 Å². The molecule has 4 heteroatoms. The highest BCUT2D eigenvalue weighted by molar-refractivity contribution is 5.79. The molecular weight excluding hydrogens is 192 g/mol. The zero-order valence-electron chi connectivity index (χ0n) is 10.6. The van der Waals surface area contributed by atoms with Crippen LogP contribution in [0.5, 0.6) is 0 Å². The highest BCUT2D eigenvalue weighted by atomic mass is 16.3. The molecule has 0 aliphatic heterocycles. The minimum absolute atomic E-state index is 0.128. The van der Waals surface area contributed by atoms with Crippen LogP contribution in [0.25, 0.3) is 0 Å². The summed E-state index contributed by atoms with van der Waals surface area (Å²) in [6.07, 6.45) is 0. The van der Waals surface area contributed by atoms with Gasteiger partial charge in [-0.05, 0) is 34.6 Å². The van der Waals surface area contributed by atoms with Crippen molar-refractivity contribution in [2.75, 3.05) is 0 Å². The van der Waals surface area contributed by atoms with Crippen molar-refractivity contribution >= 4 is 5.91 Å². The van der Waals surface area contributed by atoms with Crippen LogP contribution in [0, 0.1) is 5.92 Å². The van der Waals surface area contributed by atoms with E-state index in [-0.39, 0.29) is 17.9 Å². The summed E-state index contributed by atoms with van der Waals surface area (Å²) in [5, 5.41) is 12.7. The Labute approximate surface area is 92.2 Å². The average molecular weight is 216 g/mol. The van der Waals surface area contributed by atoms with Crippen LogP contribution in [0.1, 0.15) is 41.5 Å². The summed E-state index contributed by atoms with van der Waals surface area (Å²) < 4.78 is 0. The summed E-state index contributed by atoms with van der Waals surface area (Å²) in [7, 11) is 0. The van der Waals surface area contributed by atoms with E-state index >= 15 is 0 Å². The van der Waals surface area contributed by atoms with Crippen LogP contribution < -0.4 is 11.1 Å². The zero-order valence-corrected chi connectivity index (χ0v) is 10.6. The molecule has 0 aromatic rings. The fourth-order valence-electron chi connectivity index (χ4n) is 0.814. The lowest BCUT2D eigenvalue weighted by Gasteiger charge is -2.39. The van der Waals surface area contributed by atoms with E-state index < -0.39 is 11.1 Å². The average Bonchev–Trinajstić information content (AvgIpc) is 1.99. The largest absolute Gasteiger partial charge is 0.388 e. The van der Waals surface area contributed by atoms with Crippen LogP contribution >= 0.6 is 0 Å². The first kappa shape index (κ1) is 14.4. The molecule has 0 aliphatic rings. The topological polar surface area (TPSA) is 75.4 Å². The fraction of sp³-hybridized carbons (Fsp3) is 0.909. The number of hydrogen-bond acceptors (Lipinski definition) is 3. The summed E-state index contributed by atoms with van der Waals surface area (Å²) in [5.41, 5.74) is 4.00. The molecule has 90 valence electrons. The van der Waals surface area contributed by atoms with Gasteiger partial charge in [-0.2, -0.15) is 0 Å². The van der Waals surface area contributed by atoms with Gasteiger partial charge in [0.2, 0.25) is 5.91 Å². The van der Waals surface area contributed by atoms with Crippen molar-refractivity contribution in [2.45, 2.75) is 58.7 Å². The van der Waals surface area contributed by atoms with Crippen molar-refractivity contribution < 1.29 is 9.90 Å². The number of nitrogens with one attached hydrogen (secondary N) is 1. The number of hydrogen-bond donors (Lipinski definition) is 3. The molecule has 0 saturated heterocycles. The quantitative estimate of drug-likeness (QED) is 0.645. The Morgan fingerprint density at radius 3 is 1.93 bits per heavy atom. The molecule has 0 aromatic carbocycles. The summed E-state index contributed by atoms with van der Waals surface area (Å²) in [6.45, 7) is 10.5. The van der Waals surface area contributed by atoms with Gasteiger partial charge in [0.1, 0.15) is 0 Å². The van der Waals surface area contributed by atoms with Crippen LogP contribution in [-0.4, -0.2) is 28.2 Å². The molecule has 0 saturated carbocycles. The maximum absolute atomic E-state index is 11.7. The van der Waals surface area contributed by atoms with Crippen LogP contribution in [0.2, 0.25) is 0 Å². The van der Waals surface area contributed by atoms with Crippen LogP contribution in [0.3, 0.4) is 0 Å². The standard InChI is InChI=1S/C11H24N2O2/c1-7(8(2)12)9(14)13-10(3,4)11(5,6)15/h7-8,15H,12H2,1-6H3,(H,13,14). The Morgan fingerprint density at radius 2 is 1.67 bits per heavy atom. The Kier molecular flexibility index (Phi) is 4.31. The third kappa shape index (κ3) is 3.80. The molecule has 4 nitrogen and oxygen atoms in total. The monoisotopic (exact) mass is 216 g/mol. The van der Waals surface area contributed by atoms with Gasteiger partial charge in [-0.25, -0.2) is 0 Å². The Morgan fingerprint density at radius 1 is 1.27 bits per heavy atom. The lowest BCUT2D eigenvalue weighted by molar-refractivity contribution is -0.130. The molecule has 0 fully saturated rings. The van der Waals surface area contributed by atoms with Gasteiger partial charge in [0, 0.05) is 12.0 Å². The van der Waals surface area contributed by atoms with Crippen LogP contribution in [0.15, 0.2) is 0 Å². The molecule has 0 aliphatic carbocycles. The number of carbonyl (C=O) groups excluding carboxylic acids is 1. The second-order valence-corrected chi connectivity index (χ2v) is 5.32. The minimum Gasteiger partial charge on any atom is -0.388 e.